The summed E-state index contributed by atoms with van der Waals surface area (Å²) in [4.78, 5) is 36.7. The molecular weight excluding hydrogens is 405 g/mol. The van der Waals surface area contributed by atoms with Crippen molar-refractivity contribution in [1.29, 1.82) is 0 Å². The van der Waals surface area contributed by atoms with E-state index in [4.69, 9.17) is 39.5 Å². The molecule has 2 saturated heterocycles. The molecule has 0 aromatic carbocycles. The van der Waals surface area contributed by atoms with Crippen LogP contribution in [0.4, 0.5) is 4.79 Å². The second kappa shape index (κ2) is 6.63. The SMILES string of the molecule is CC(OC(=O)OCC(Cl)(Cl)Cl)[C@@H]1C(=O)N2[C@@H]1SC(C)(C)[C@H]2C(=O)O. The third kappa shape index (κ3) is 3.81. The highest BCUT2D eigenvalue weighted by Crippen LogP contribution is 2.54. The number of fused-ring (bicyclic) bond motifs is 1. The van der Waals surface area contributed by atoms with Crippen LogP contribution in [0, 0.1) is 5.92 Å². The van der Waals surface area contributed by atoms with Crippen molar-refractivity contribution in [3.8, 4) is 0 Å². The van der Waals surface area contributed by atoms with Gasteiger partial charge in [0.15, 0.2) is 0 Å². The number of nitrogens with zero attached hydrogens (tertiary/aromatic N) is 1. The van der Waals surface area contributed by atoms with Crippen LogP contribution in [0.2, 0.25) is 0 Å². The molecule has 4 atom stereocenters. The molecule has 0 aromatic heterocycles. The molecule has 0 radical (unpaired) electrons. The second-order valence-electron chi connectivity index (χ2n) is 6.10. The molecule has 1 unspecified atom stereocenters. The number of hydrogen-bond acceptors (Lipinski definition) is 6. The fraction of sp³-hybridized carbons (Fsp3) is 0.769. The molecular formula is C13H16Cl3NO6S. The number of carboxylic acids is 1. The maximum atomic E-state index is 12.3. The Morgan fingerprint density at radius 3 is 2.50 bits per heavy atom. The molecule has 0 saturated carbocycles. The van der Waals surface area contributed by atoms with Crippen LogP contribution in [-0.4, -0.2) is 60.7 Å². The van der Waals surface area contributed by atoms with Crippen LogP contribution in [0.25, 0.3) is 0 Å². The minimum Gasteiger partial charge on any atom is -0.480 e. The number of carboxylic acid groups (broad SMARTS) is 1. The number of hydrogen-bond donors (Lipinski definition) is 1. The predicted molar refractivity (Wildman–Crippen MR) is 89.4 cm³/mol. The number of carbonyl (C=O) groups excluding carboxylic acids is 2. The van der Waals surface area contributed by atoms with Gasteiger partial charge in [0.1, 0.15) is 24.7 Å². The third-order valence-corrected chi connectivity index (χ3v) is 5.78. The normalized spacial score (nSPS) is 29.5. The number of ether oxygens (including phenoxy) is 2. The maximum absolute atomic E-state index is 12.3. The first-order chi connectivity index (χ1) is 10.8. The summed E-state index contributed by atoms with van der Waals surface area (Å²) in [6.45, 7) is 4.58. The largest absolute Gasteiger partial charge is 0.508 e. The molecule has 2 aliphatic heterocycles. The Hall–Kier alpha value is -0.570. The second-order valence-corrected chi connectivity index (χ2v) is 10.4. The molecule has 2 fully saturated rings. The number of alkyl halides is 3. The number of carbonyl (C=O) groups is 3. The Labute approximate surface area is 157 Å². The number of β-lactam (4-membered cyclic amide) rings is 1. The van der Waals surface area contributed by atoms with Gasteiger partial charge in [0, 0.05) is 4.75 Å². The lowest BCUT2D eigenvalue weighted by Gasteiger charge is -2.45. The molecule has 1 N–H and O–H groups in total. The van der Waals surface area contributed by atoms with E-state index in [1.807, 2.05) is 0 Å². The van der Waals surface area contributed by atoms with Gasteiger partial charge in [0.2, 0.25) is 9.70 Å². The highest BCUT2D eigenvalue weighted by atomic mass is 35.6. The highest BCUT2D eigenvalue weighted by Gasteiger charge is 2.65. The van der Waals surface area contributed by atoms with Crippen LogP contribution in [0.15, 0.2) is 0 Å². The van der Waals surface area contributed by atoms with Crippen LogP contribution in [-0.2, 0) is 19.1 Å². The van der Waals surface area contributed by atoms with Crippen molar-refractivity contribution < 1.29 is 29.0 Å². The average Bonchev–Trinajstić information content (AvgIpc) is 2.63. The summed E-state index contributed by atoms with van der Waals surface area (Å²) >= 11 is 17.8. The zero-order chi connectivity index (χ0) is 18.4. The molecule has 0 aromatic rings. The Kier molecular flexibility index (Phi) is 5.45. The van der Waals surface area contributed by atoms with Gasteiger partial charge in [-0.15, -0.1) is 11.8 Å². The summed E-state index contributed by atoms with van der Waals surface area (Å²) in [5.74, 6) is -2.07. The van der Waals surface area contributed by atoms with Gasteiger partial charge >= 0.3 is 12.1 Å². The first kappa shape index (κ1) is 19.8. The number of aliphatic carboxylic acids is 1. The van der Waals surface area contributed by atoms with Gasteiger partial charge in [-0.3, -0.25) is 4.79 Å². The Morgan fingerprint density at radius 2 is 2.00 bits per heavy atom. The molecule has 0 bridgehead atoms. The quantitative estimate of drug-likeness (QED) is 0.424. The van der Waals surface area contributed by atoms with Crippen molar-refractivity contribution in [1.82, 2.24) is 4.90 Å². The Bertz CT molecular complexity index is 566. The van der Waals surface area contributed by atoms with Gasteiger partial charge in [-0.25, -0.2) is 9.59 Å². The van der Waals surface area contributed by atoms with Gasteiger partial charge in [-0.2, -0.15) is 0 Å². The molecule has 1 amide bonds. The minimum atomic E-state index is -1.76. The van der Waals surface area contributed by atoms with Crippen molar-refractivity contribution in [3.63, 3.8) is 0 Å². The summed E-state index contributed by atoms with van der Waals surface area (Å²) in [6.07, 6.45) is -1.85. The van der Waals surface area contributed by atoms with Crippen LogP contribution >= 0.6 is 46.6 Å². The minimum absolute atomic E-state index is 0.368. The Morgan fingerprint density at radius 1 is 1.42 bits per heavy atom. The van der Waals surface area contributed by atoms with E-state index in [-0.39, 0.29) is 11.3 Å². The summed E-state index contributed by atoms with van der Waals surface area (Å²) in [5, 5.41) is 8.98. The van der Waals surface area contributed by atoms with Crippen molar-refractivity contribution in [3.05, 3.63) is 0 Å². The van der Waals surface area contributed by atoms with Crippen molar-refractivity contribution in [2.75, 3.05) is 6.61 Å². The monoisotopic (exact) mass is 419 g/mol. The van der Waals surface area contributed by atoms with Gasteiger partial charge in [0.25, 0.3) is 0 Å². The van der Waals surface area contributed by atoms with Crippen LogP contribution in [0.3, 0.4) is 0 Å². The first-order valence-electron chi connectivity index (χ1n) is 6.98. The molecule has 136 valence electrons. The zero-order valence-electron chi connectivity index (χ0n) is 13.0. The van der Waals surface area contributed by atoms with E-state index in [0.717, 1.165) is 0 Å². The van der Waals surface area contributed by atoms with Gasteiger partial charge < -0.3 is 19.5 Å². The molecule has 0 spiro atoms. The Balaban J connectivity index is 1.98. The lowest BCUT2D eigenvalue weighted by molar-refractivity contribution is -0.169. The molecule has 24 heavy (non-hydrogen) atoms. The van der Waals surface area contributed by atoms with E-state index in [0.29, 0.717) is 0 Å². The van der Waals surface area contributed by atoms with E-state index in [9.17, 15) is 19.5 Å². The van der Waals surface area contributed by atoms with E-state index < -0.39 is 45.3 Å². The number of amides is 1. The molecule has 7 nitrogen and oxygen atoms in total. The van der Waals surface area contributed by atoms with Gasteiger partial charge in [-0.1, -0.05) is 34.8 Å². The fourth-order valence-corrected chi connectivity index (χ4v) is 4.83. The molecule has 0 aliphatic carbocycles. The van der Waals surface area contributed by atoms with Crippen molar-refractivity contribution in [2.45, 2.75) is 46.8 Å². The summed E-state index contributed by atoms with van der Waals surface area (Å²) in [6, 6.07) is -0.917. The highest BCUT2D eigenvalue weighted by molar-refractivity contribution is 8.01. The topological polar surface area (TPSA) is 93.1 Å². The van der Waals surface area contributed by atoms with E-state index >= 15 is 0 Å². The molecule has 2 rings (SSSR count). The predicted octanol–water partition coefficient (Wildman–Crippen LogP) is 2.66. The van der Waals surface area contributed by atoms with Gasteiger partial charge in [0.05, 0.1) is 5.37 Å². The standard InChI is InChI=1S/C13H16Cl3NO6S/c1-5(23-11(21)22-4-13(14,15)16)6-8(18)17-7(10(19)20)12(2,3)24-9(6)17/h5-7,9H,4H2,1-3H3,(H,19,20)/t5?,6-,7-,9-/m1/s1. The smallest absolute Gasteiger partial charge is 0.480 e. The molecule has 2 aliphatic rings. The average molecular weight is 421 g/mol. The summed E-state index contributed by atoms with van der Waals surface area (Å²) in [7, 11) is 0. The van der Waals surface area contributed by atoms with Crippen LogP contribution < -0.4 is 0 Å². The van der Waals surface area contributed by atoms with Crippen molar-refractivity contribution >= 4 is 64.6 Å². The van der Waals surface area contributed by atoms with Crippen LogP contribution in [0.5, 0.6) is 0 Å². The molecule has 11 heteroatoms. The van der Waals surface area contributed by atoms with Crippen molar-refractivity contribution in [2.24, 2.45) is 5.92 Å². The van der Waals surface area contributed by atoms with E-state index in [1.165, 1.54) is 23.6 Å². The lowest BCUT2D eigenvalue weighted by Crippen LogP contribution is -2.65. The number of halogens is 3. The lowest BCUT2D eigenvalue weighted by atomic mass is 9.88. The number of rotatable bonds is 4. The fourth-order valence-electron chi connectivity index (χ4n) is 2.87. The van der Waals surface area contributed by atoms with E-state index in [2.05, 4.69) is 4.74 Å². The van der Waals surface area contributed by atoms with Gasteiger partial charge in [-0.05, 0) is 20.8 Å². The first-order valence-corrected chi connectivity index (χ1v) is 8.99. The summed E-state index contributed by atoms with van der Waals surface area (Å²) in [5.41, 5.74) is 0. The maximum Gasteiger partial charge on any atom is 0.508 e. The summed E-state index contributed by atoms with van der Waals surface area (Å²) < 4.78 is 7.31. The number of thioether (sulfide) groups is 1. The van der Waals surface area contributed by atoms with Crippen LogP contribution in [0.1, 0.15) is 20.8 Å². The molecule has 2 heterocycles. The van der Waals surface area contributed by atoms with E-state index in [1.54, 1.807) is 13.8 Å². The third-order valence-electron chi connectivity index (χ3n) is 3.86. The zero-order valence-corrected chi connectivity index (χ0v) is 16.1.